The first-order valence-electron chi connectivity index (χ1n) is 6.33. The van der Waals surface area contributed by atoms with E-state index in [0.29, 0.717) is 0 Å². The van der Waals surface area contributed by atoms with Gasteiger partial charge in [-0.05, 0) is 26.2 Å². The Kier molecular flexibility index (Phi) is 5.40. The molecule has 0 radical (unpaired) electrons. The molecule has 0 saturated carbocycles. The quantitative estimate of drug-likeness (QED) is 0.772. The van der Waals surface area contributed by atoms with E-state index in [1.165, 1.54) is 7.11 Å². The van der Waals surface area contributed by atoms with Gasteiger partial charge in [0, 0.05) is 19.2 Å². The summed E-state index contributed by atoms with van der Waals surface area (Å²) in [6.07, 6.45) is 1.94. The van der Waals surface area contributed by atoms with E-state index in [9.17, 15) is 9.59 Å². The SMILES string of the molecule is CCC1CCC(C)N1C(=O)NCC(OC)C(=O)O. The number of nitrogens with zero attached hydrogens (tertiary/aromatic N) is 1. The number of rotatable bonds is 5. The molecule has 0 aliphatic carbocycles. The summed E-state index contributed by atoms with van der Waals surface area (Å²) in [6.45, 7) is 4.06. The minimum atomic E-state index is -1.07. The number of hydrogen-bond donors (Lipinski definition) is 2. The van der Waals surface area contributed by atoms with Crippen molar-refractivity contribution in [3.8, 4) is 0 Å². The Balaban J connectivity index is 2.51. The van der Waals surface area contributed by atoms with Crippen molar-refractivity contribution in [1.82, 2.24) is 10.2 Å². The highest BCUT2D eigenvalue weighted by Crippen LogP contribution is 2.25. The van der Waals surface area contributed by atoms with E-state index < -0.39 is 12.1 Å². The van der Waals surface area contributed by atoms with Crippen molar-refractivity contribution in [2.24, 2.45) is 0 Å². The van der Waals surface area contributed by atoms with Crippen molar-refractivity contribution >= 4 is 12.0 Å². The lowest BCUT2D eigenvalue weighted by atomic mass is 10.2. The van der Waals surface area contributed by atoms with E-state index >= 15 is 0 Å². The van der Waals surface area contributed by atoms with Crippen molar-refractivity contribution in [3.63, 3.8) is 0 Å². The maximum atomic E-state index is 12.0. The molecule has 0 aromatic rings. The van der Waals surface area contributed by atoms with Crippen LogP contribution in [0.15, 0.2) is 0 Å². The largest absolute Gasteiger partial charge is 0.479 e. The maximum Gasteiger partial charge on any atom is 0.334 e. The van der Waals surface area contributed by atoms with Gasteiger partial charge in [-0.3, -0.25) is 0 Å². The van der Waals surface area contributed by atoms with Crippen molar-refractivity contribution in [3.05, 3.63) is 0 Å². The normalized spacial score (nSPS) is 24.9. The number of carbonyl (C=O) groups excluding carboxylic acids is 1. The number of aliphatic carboxylic acids is 1. The summed E-state index contributed by atoms with van der Waals surface area (Å²) in [5, 5.41) is 11.4. The molecule has 3 atom stereocenters. The second-order valence-corrected chi connectivity index (χ2v) is 4.64. The number of carbonyl (C=O) groups is 2. The molecule has 0 aromatic carbocycles. The van der Waals surface area contributed by atoms with Gasteiger partial charge in [-0.25, -0.2) is 9.59 Å². The first-order valence-corrected chi connectivity index (χ1v) is 6.33. The van der Waals surface area contributed by atoms with E-state index in [1.807, 2.05) is 11.8 Å². The van der Waals surface area contributed by atoms with Gasteiger partial charge < -0.3 is 20.1 Å². The Labute approximate surface area is 107 Å². The van der Waals surface area contributed by atoms with Gasteiger partial charge >= 0.3 is 12.0 Å². The van der Waals surface area contributed by atoms with Crippen LogP contribution in [0.4, 0.5) is 4.79 Å². The Morgan fingerprint density at radius 1 is 1.50 bits per heavy atom. The maximum absolute atomic E-state index is 12.0. The van der Waals surface area contributed by atoms with Crippen molar-refractivity contribution in [2.45, 2.75) is 51.3 Å². The van der Waals surface area contributed by atoms with Crippen LogP contribution >= 0.6 is 0 Å². The molecule has 18 heavy (non-hydrogen) atoms. The first-order chi connectivity index (χ1) is 8.51. The van der Waals surface area contributed by atoms with Gasteiger partial charge in [0.05, 0.1) is 6.54 Å². The number of urea groups is 1. The molecule has 0 bridgehead atoms. The van der Waals surface area contributed by atoms with Gasteiger partial charge in [0.2, 0.25) is 0 Å². The predicted molar refractivity (Wildman–Crippen MR) is 66.4 cm³/mol. The summed E-state index contributed by atoms with van der Waals surface area (Å²) >= 11 is 0. The number of nitrogens with one attached hydrogen (secondary N) is 1. The van der Waals surface area contributed by atoms with Crippen LogP contribution in [0.3, 0.4) is 0 Å². The minimum Gasteiger partial charge on any atom is -0.479 e. The first kappa shape index (κ1) is 14.8. The number of hydrogen-bond acceptors (Lipinski definition) is 3. The smallest absolute Gasteiger partial charge is 0.334 e. The number of carboxylic acids is 1. The predicted octanol–water partition coefficient (Wildman–Crippen LogP) is 1.06. The highest BCUT2D eigenvalue weighted by Gasteiger charge is 2.33. The van der Waals surface area contributed by atoms with Gasteiger partial charge in [0.1, 0.15) is 0 Å². The summed E-state index contributed by atoms with van der Waals surface area (Å²) < 4.78 is 4.77. The molecule has 2 amide bonds. The van der Waals surface area contributed by atoms with Crippen molar-refractivity contribution in [1.29, 1.82) is 0 Å². The third-order valence-corrected chi connectivity index (χ3v) is 3.49. The molecule has 6 heteroatoms. The Morgan fingerprint density at radius 3 is 2.67 bits per heavy atom. The van der Waals surface area contributed by atoms with E-state index in [4.69, 9.17) is 9.84 Å². The van der Waals surface area contributed by atoms with Crippen LogP contribution in [0.2, 0.25) is 0 Å². The molecule has 0 spiro atoms. The molecule has 1 aliphatic heterocycles. The minimum absolute atomic E-state index is 0.00960. The van der Waals surface area contributed by atoms with E-state index in [-0.39, 0.29) is 24.7 Å². The van der Waals surface area contributed by atoms with Gasteiger partial charge in [-0.2, -0.15) is 0 Å². The Hall–Kier alpha value is -1.30. The molecule has 104 valence electrons. The zero-order chi connectivity index (χ0) is 13.7. The fourth-order valence-corrected chi connectivity index (χ4v) is 2.38. The molecule has 1 rings (SSSR count). The highest BCUT2D eigenvalue weighted by molar-refractivity contribution is 5.77. The monoisotopic (exact) mass is 258 g/mol. The lowest BCUT2D eigenvalue weighted by Gasteiger charge is -2.28. The van der Waals surface area contributed by atoms with Crippen LogP contribution in [-0.2, 0) is 9.53 Å². The Morgan fingerprint density at radius 2 is 2.17 bits per heavy atom. The molecule has 1 saturated heterocycles. The number of ether oxygens (including phenoxy) is 1. The van der Waals surface area contributed by atoms with Crippen LogP contribution < -0.4 is 5.32 Å². The average molecular weight is 258 g/mol. The average Bonchev–Trinajstić information content (AvgIpc) is 2.70. The number of carboxylic acid groups (broad SMARTS) is 1. The lowest BCUT2D eigenvalue weighted by molar-refractivity contribution is -0.148. The number of likely N-dealkylation sites (tertiary alicyclic amines) is 1. The second kappa shape index (κ2) is 6.58. The summed E-state index contributed by atoms with van der Waals surface area (Å²) in [5.74, 6) is -1.07. The molecule has 6 nitrogen and oxygen atoms in total. The number of amides is 2. The summed E-state index contributed by atoms with van der Waals surface area (Å²) in [5.41, 5.74) is 0. The zero-order valence-electron chi connectivity index (χ0n) is 11.2. The van der Waals surface area contributed by atoms with Crippen LogP contribution in [0.25, 0.3) is 0 Å². The zero-order valence-corrected chi connectivity index (χ0v) is 11.2. The van der Waals surface area contributed by atoms with E-state index in [2.05, 4.69) is 12.2 Å². The van der Waals surface area contributed by atoms with Crippen LogP contribution in [0.1, 0.15) is 33.1 Å². The summed E-state index contributed by atoms with van der Waals surface area (Å²) in [4.78, 5) is 24.6. The molecule has 2 N–H and O–H groups in total. The van der Waals surface area contributed by atoms with Gasteiger partial charge in [-0.15, -0.1) is 0 Å². The molecule has 0 aromatic heterocycles. The standard InChI is InChI=1S/C12H22N2O4/c1-4-9-6-5-8(2)14(9)12(17)13-7-10(18-3)11(15)16/h8-10H,4-7H2,1-3H3,(H,13,17)(H,15,16). The van der Waals surface area contributed by atoms with Gasteiger partial charge in [-0.1, -0.05) is 6.92 Å². The van der Waals surface area contributed by atoms with E-state index in [0.717, 1.165) is 19.3 Å². The van der Waals surface area contributed by atoms with Crippen LogP contribution in [-0.4, -0.2) is 53.8 Å². The molecule has 1 aliphatic rings. The number of methoxy groups -OCH3 is 1. The van der Waals surface area contributed by atoms with Gasteiger partial charge in [0.15, 0.2) is 6.10 Å². The Bertz CT molecular complexity index is 308. The molecule has 1 heterocycles. The van der Waals surface area contributed by atoms with Crippen LogP contribution in [0, 0.1) is 0 Å². The fraction of sp³-hybridized carbons (Fsp3) is 0.833. The topological polar surface area (TPSA) is 78.9 Å². The lowest BCUT2D eigenvalue weighted by Crippen LogP contribution is -2.49. The molecule has 3 unspecified atom stereocenters. The molecular formula is C12H22N2O4. The fourth-order valence-electron chi connectivity index (χ4n) is 2.38. The molecular weight excluding hydrogens is 236 g/mol. The third-order valence-electron chi connectivity index (χ3n) is 3.49. The second-order valence-electron chi connectivity index (χ2n) is 4.64. The van der Waals surface area contributed by atoms with Crippen molar-refractivity contribution < 1.29 is 19.4 Å². The van der Waals surface area contributed by atoms with Crippen LogP contribution in [0.5, 0.6) is 0 Å². The highest BCUT2D eigenvalue weighted by atomic mass is 16.5. The molecule has 1 fully saturated rings. The summed E-state index contributed by atoms with van der Waals surface area (Å²) in [7, 11) is 1.32. The van der Waals surface area contributed by atoms with E-state index in [1.54, 1.807) is 0 Å². The van der Waals surface area contributed by atoms with Crippen molar-refractivity contribution in [2.75, 3.05) is 13.7 Å². The van der Waals surface area contributed by atoms with Gasteiger partial charge in [0.25, 0.3) is 0 Å². The third kappa shape index (κ3) is 3.35. The summed E-state index contributed by atoms with van der Waals surface area (Å²) in [6, 6.07) is 0.266.